The van der Waals surface area contributed by atoms with E-state index >= 15 is 0 Å². The Morgan fingerprint density at radius 3 is 2.62 bits per heavy atom. The maximum Gasteiger partial charge on any atom is 0.246 e. The third-order valence-corrected chi connectivity index (χ3v) is 5.64. The summed E-state index contributed by atoms with van der Waals surface area (Å²) in [4.78, 5) is 14.1. The van der Waals surface area contributed by atoms with Crippen molar-refractivity contribution in [1.82, 2.24) is 19.0 Å². The second-order valence-electron chi connectivity index (χ2n) is 5.38. The molecule has 0 spiro atoms. The van der Waals surface area contributed by atoms with E-state index in [-0.39, 0.29) is 10.8 Å². The molecule has 7 nitrogen and oxygen atoms in total. The Morgan fingerprint density at radius 1 is 1.33 bits per heavy atom. The van der Waals surface area contributed by atoms with Crippen LogP contribution in [0.15, 0.2) is 17.3 Å². The summed E-state index contributed by atoms with van der Waals surface area (Å²) in [5.41, 5.74) is 0. The number of piperazine rings is 1. The fourth-order valence-electron chi connectivity index (χ4n) is 2.51. The van der Waals surface area contributed by atoms with Crippen LogP contribution in [0, 0.1) is 0 Å². The molecule has 0 aromatic carbocycles. The number of unbranched alkanes of at least 4 members (excludes halogenated alkanes) is 1. The molecule has 1 unspecified atom stereocenters. The zero-order valence-electron chi connectivity index (χ0n) is 12.7. The molecule has 1 fully saturated rings. The second kappa shape index (κ2) is 6.15. The van der Waals surface area contributed by atoms with Crippen LogP contribution in [0.3, 0.4) is 0 Å². The van der Waals surface area contributed by atoms with E-state index in [1.54, 1.807) is 19.0 Å². The Hall–Kier alpha value is -1.41. The van der Waals surface area contributed by atoms with Gasteiger partial charge < -0.3 is 4.90 Å². The molecule has 1 aromatic heterocycles. The molecular weight excluding hydrogens is 292 g/mol. The Kier molecular flexibility index (Phi) is 4.67. The molecule has 21 heavy (non-hydrogen) atoms. The number of aromatic nitrogens is 2. The van der Waals surface area contributed by atoms with Gasteiger partial charge in [-0.2, -0.15) is 9.40 Å². The summed E-state index contributed by atoms with van der Waals surface area (Å²) in [5, 5.41) is 3.91. The van der Waals surface area contributed by atoms with Gasteiger partial charge in [0.15, 0.2) is 0 Å². The highest BCUT2D eigenvalue weighted by atomic mass is 32.2. The van der Waals surface area contributed by atoms with Gasteiger partial charge in [-0.25, -0.2) is 8.42 Å². The smallest absolute Gasteiger partial charge is 0.246 e. The Labute approximate surface area is 125 Å². The standard InChI is InChI=1S/C13H22N4O3S/c1-4-5-6-12-13(18)15(2)7-8-17(12)21(19,20)11-9-14-16(3)10-11/h9-10,12H,4-8H2,1-3H3. The molecule has 1 saturated heterocycles. The number of nitrogens with zero attached hydrogens (tertiary/aromatic N) is 4. The number of carbonyl (C=O) groups excluding carboxylic acids is 1. The van der Waals surface area contributed by atoms with Gasteiger partial charge in [-0.3, -0.25) is 9.48 Å². The van der Waals surface area contributed by atoms with Crippen molar-refractivity contribution < 1.29 is 13.2 Å². The SMILES string of the molecule is CCCCC1C(=O)N(C)CCN1S(=O)(=O)c1cnn(C)c1. The van der Waals surface area contributed by atoms with Gasteiger partial charge in [-0.15, -0.1) is 0 Å². The summed E-state index contributed by atoms with van der Waals surface area (Å²) in [6, 6.07) is -0.603. The van der Waals surface area contributed by atoms with Gasteiger partial charge in [0.1, 0.15) is 10.9 Å². The first kappa shape index (κ1) is 16.0. The van der Waals surface area contributed by atoms with E-state index in [0.717, 1.165) is 12.8 Å². The van der Waals surface area contributed by atoms with Gasteiger partial charge in [-0.05, 0) is 6.42 Å². The number of likely N-dealkylation sites (N-methyl/N-ethyl adjacent to an activating group) is 1. The van der Waals surface area contributed by atoms with E-state index in [1.807, 2.05) is 6.92 Å². The molecule has 2 heterocycles. The molecule has 1 amide bonds. The number of carbonyl (C=O) groups is 1. The highest BCUT2D eigenvalue weighted by molar-refractivity contribution is 7.89. The third kappa shape index (κ3) is 3.11. The van der Waals surface area contributed by atoms with E-state index in [2.05, 4.69) is 5.10 Å². The quantitative estimate of drug-likeness (QED) is 0.790. The van der Waals surface area contributed by atoms with Crippen molar-refractivity contribution in [2.45, 2.75) is 37.1 Å². The minimum absolute atomic E-state index is 0.123. The highest BCUT2D eigenvalue weighted by Crippen LogP contribution is 2.24. The molecule has 0 bridgehead atoms. The van der Waals surface area contributed by atoms with Crippen LogP contribution < -0.4 is 0 Å². The normalized spacial score (nSPS) is 21.0. The van der Waals surface area contributed by atoms with E-state index in [4.69, 9.17) is 0 Å². The first-order valence-corrected chi connectivity index (χ1v) is 8.57. The van der Waals surface area contributed by atoms with Crippen molar-refractivity contribution in [1.29, 1.82) is 0 Å². The molecule has 2 rings (SSSR count). The summed E-state index contributed by atoms with van der Waals surface area (Å²) >= 11 is 0. The lowest BCUT2D eigenvalue weighted by molar-refractivity contribution is -0.137. The van der Waals surface area contributed by atoms with E-state index in [9.17, 15) is 13.2 Å². The highest BCUT2D eigenvalue weighted by Gasteiger charge is 2.40. The lowest BCUT2D eigenvalue weighted by Gasteiger charge is -2.38. The minimum Gasteiger partial charge on any atom is -0.343 e. The predicted molar refractivity (Wildman–Crippen MR) is 78.0 cm³/mol. The summed E-state index contributed by atoms with van der Waals surface area (Å²) in [5.74, 6) is -0.123. The third-order valence-electron chi connectivity index (χ3n) is 3.78. The van der Waals surface area contributed by atoms with Crippen molar-refractivity contribution in [2.75, 3.05) is 20.1 Å². The van der Waals surface area contributed by atoms with Crippen molar-refractivity contribution in [3.63, 3.8) is 0 Å². The first-order chi connectivity index (χ1) is 9.87. The molecule has 118 valence electrons. The van der Waals surface area contributed by atoms with Crippen LogP contribution in [0.25, 0.3) is 0 Å². The van der Waals surface area contributed by atoms with Crippen molar-refractivity contribution in [3.8, 4) is 0 Å². The molecule has 1 aliphatic heterocycles. The Morgan fingerprint density at radius 2 is 2.05 bits per heavy atom. The van der Waals surface area contributed by atoms with Crippen LogP contribution in [0.4, 0.5) is 0 Å². The molecule has 8 heteroatoms. The number of hydrogen-bond acceptors (Lipinski definition) is 4. The first-order valence-electron chi connectivity index (χ1n) is 7.13. The molecule has 0 saturated carbocycles. The van der Waals surface area contributed by atoms with Gasteiger partial charge in [-0.1, -0.05) is 19.8 Å². The molecule has 1 aliphatic rings. The monoisotopic (exact) mass is 314 g/mol. The second-order valence-corrected chi connectivity index (χ2v) is 7.27. The van der Waals surface area contributed by atoms with Crippen LogP contribution >= 0.6 is 0 Å². The van der Waals surface area contributed by atoms with Crippen LogP contribution in [0.2, 0.25) is 0 Å². The summed E-state index contributed by atoms with van der Waals surface area (Å²) in [6.07, 6.45) is 5.10. The number of sulfonamides is 1. The van der Waals surface area contributed by atoms with Gasteiger partial charge >= 0.3 is 0 Å². The maximum atomic E-state index is 12.7. The lowest BCUT2D eigenvalue weighted by atomic mass is 10.1. The van der Waals surface area contributed by atoms with Gasteiger partial charge in [0.25, 0.3) is 0 Å². The summed E-state index contributed by atoms with van der Waals surface area (Å²) < 4.78 is 28.2. The number of hydrogen-bond donors (Lipinski definition) is 0. The van der Waals surface area contributed by atoms with Crippen molar-refractivity contribution in [2.24, 2.45) is 7.05 Å². The molecular formula is C13H22N4O3S. The number of amides is 1. The Balaban J connectivity index is 2.32. The molecule has 0 radical (unpaired) electrons. The van der Waals surface area contributed by atoms with Crippen LogP contribution in [-0.2, 0) is 21.9 Å². The van der Waals surface area contributed by atoms with Crippen LogP contribution in [0.5, 0.6) is 0 Å². The minimum atomic E-state index is -3.67. The van der Waals surface area contributed by atoms with Crippen molar-refractivity contribution in [3.05, 3.63) is 12.4 Å². The average Bonchev–Trinajstić information content (AvgIpc) is 2.87. The summed E-state index contributed by atoms with van der Waals surface area (Å²) in [6.45, 7) is 2.77. The average molecular weight is 314 g/mol. The van der Waals surface area contributed by atoms with E-state index in [0.29, 0.717) is 19.5 Å². The lowest BCUT2D eigenvalue weighted by Crippen LogP contribution is -2.57. The topological polar surface area (TPSA) is 75.5 Å². The van der Waals surface area contributed by atoms with Crippen LogP contribution in [0.1, 0.15) is 26.2 Å². The summed E-state index contributed by atoms with van der Waals surface area (Å²) in [7, 11) is -0.288. The molecule has 0 N–H and O–H groups in total. The fraction of sp³-hybridized carbons (Fsp3) is 0.692. The fourth-order valence-corrected chi connectivity index (χ4v) is 4.10. The maximum absolute atomic E-state index is 12.7. The van der Waals surface area contributed by atoms with E-state index in [1.165, 1.54) is 21.4 Å². The van der Waals surface area contributed by atoms with Gasteiger partial charge in [0.05, 0.1) is 6.20 Å². The number of aryl methyl sites for hydroxylation is 1. The van der Waals surface area contributed by atoms with Gasteiger partial charge in [0.2, 0.25) is 15.9 Å². The molecule has 0 aliphatic carbocycles. The zero-order chi connectivity index (χ0) is 15.6. The van der Waals surface area contributed by atoms with Crippen LogP contribution in [-0.4, -0.2) is 59.5 Å². The van der Waals surface area contributed by atoms with E-state index < -0.39 is 16.1 Å². The molecule has 1 atom stereocenters. The number of rotatable bonds is 5. The Bertz CT molecular complexity index is 611. The molecule has 1 aromatic rings. The predicted octanol–water partition coefficient (Wildman–Crippen LogP) is 0.442. The van der Waals surface area contributed by atoms with Gasteiger partial charge in [0, 0.05) is 33.4 Å². The largest absolute Gasteiger partial charge is 0.343 e. The van der Waals surface area contributed by atoms with Crippen molar-refractivity contribution >= 4 is 15.9 Å². The zero-order valence-corrected chi connectivity index (χ0v) is 13.5.